The van der Waals surface area contributed by atoms with Crippen molar-refractivity contribution in [3.05, 3.63) is 41.0 Å². The molecule has 0 aliphatic rings. The number of imidazole rings is 1. The molecule has 0 amide bonds. The Morgan fingerprint density at radius 3 is 2.85 bits per heavy atom. The normalized spacial score (nSPS) is 10.9. The predicted molar refractivity (Wildman–Crippen MR) is 79.6 cm³/mol. The third-order valence-corrected chi connectivity index (χ3v) is 3.37. The number of fused-ring (bicyclic) bond motifs is 1. The summed E-state index contributed by atoms with van der Waals surface area (Å²) in [7, 11) is 1.60. The maximum atomic E-state index is 6.26. The van der Waals surface area contributed by atoms with Crippen molar-refractivity contribution in [2.45, 2.75) is 6.92 Å². The molecule has 2 heterocycles. The molecule has 6 heteroatoms. The number of hydrogen-bond donors (Lipinski definition) is 1. The topological polar surface area (TPSA) is 66.0 Å². The minimum absolute atomic E-state index is 0.341. The molecule has 0 unspecified atom stereocenters. The number of ether oxygens (including phenoxy) is 1. The van der Waals surface area contributed by atoms with Gasteiger partial charge in [-0.3, -0.25) is 4.57 Å². The lowest BCUT2D eigenvalue weighted by Gasteiger charge is -2.10. The Kier molecular flexibility index (Phi) is 2.99. The monoisotopic (exact) mass is 288 g/mol. The van der Waals surface area contributed by atoms with Gasteiger partial charge in [-0.2, -0.15) is 0 Å². The van der Waals surface area contributed by atoms with Gasteiger partial charge in [-0.1, -0.05) is 11.6 Å². The van der Waals surface area contributed by atoms with E-state index in [0.717, 1.165) is 11.1 Å². The maximum absolute atomic E-state index is 6.26. The van der Waals surface area contributed by atoms with Gasteiger partial charge in [0.25, 0.3) is 0 Å². The average molecular weight is 289 g/mol. The highest BCUT2D eigenvalue weighted by Gasteiger charge is 2.14. The Hall–Kier alpha value is -2.27. The van der Waals surface area contributed by atoms with E-state index in [1.807, 2.05) is 13.0 Å². The Bertz CT molecular complexity index is 797. The van der Waals surface area contributed by atoms with Gasteiger partial charge in [0.2, 0.25) is 5.95 Å². The van der Waals surface area contributed by atoms with Gasteiger partial charge in [-0.25, -0.2) is 9.97 Å². The van der Waals surface area contributed by atoms with Crippen LogP contribution in [0.2, 0.25) is 5.02 Å². The first-order chi connectivity index (χ1) is 9.60. The molecule has 0 aliphatic carbocycles. The number of halogens is 1. The fraction of sp³-hybridized carbons (Fsp3) is 0.143. The fourth-order valence-electron chi connectivity index (χ4n) is 2.11. The van der Waals surface area contributed by atoms with E-state index in [-0.39, 0.29) is 0 Å². The molecule has 5 nitrogen and oxygen atoms in total. The number of benzene rings is 1. The maximum Gasteiger partial charge on any atom is 0.207 e. The van der Waals surface area contributed by atoms with Crippen molar-refractivity contribution in [3.8, 4) is 11.4 Å². The average Bonchev–Trinajstić information content (AvgIpc) is 2.74. The lowest BCUT2D eigenvalue weighted by atomic mass is 10.3. The number of aryl methyl sites for hydroxylation is 1. The van der Waals surface area contributed by atoms with Gasteiger partial charge < -0.3 is 10.5 Å². The van der Waals surface area contributed by atoms with Crippen LogP contribution in [0, 0.1) is 6.92 Å². The highest BCUT2D eigenvalue weighted by Crippen LogP contribution is 2.30. The minimum Gasteiger partial charge on any atom is -0.497 e. The Morgan fingerprint density at radius 2 is 2.10 bits per heavy atom. The van der Waals surface area contributed by atoms with Crippen LogP contribution >= 0.6 is 11.6 Å². The van der Waals surface area contributed by atoms with Crippen molar-refractivity contribution in [1.82, 2.24) is 14.5 Å². The standard InChI is InChI=1S/C14H13ClN4O/c1-8-5-11-13(17-7-8)19(14(16)18-11)12-6-9(20-2)3-4-10(12)15/h3-7H,1-2H3,(H2,16,18). The zero-order valence-electron chi connectivity index (χ0n) is 11.1. The van der Waals surface area contributed by atoms with Crippen LogP contribution in [0.5, 0.6) is 5.75 Å². The molecule has 0 radical (unpaired) electrons. The van der Waals surface area contributed by atoms with Crippen LogP contribution in [0.1, 0.15) is 5.56 Å². The van der Waals surface area contributed by atoms with Gasteiger partial charge in [0, 0.05) is 12.3 Å². The summed E-state index contributed by atoms with van der Waals surface area (Å²) in [4.78, 5) is 8.72. The summed E-state index contributed by atoms with van der Waals surface area (Å²) in [5.74, 6) is 1.03. The van der Waals surface area contributed by atoms with Crippen LogP contribution in [0.15, 0.2) is 30.5 Å². The molecule has 2 aromatic heterocycles. The van der Waals surface area contributed by atoms with Gasteiger partial charge in [0.05, 0.1) is 17.8 Å². The first-order valence-electron chi connectivity index (χ1n) is 6.04. The molecule has 20 heavy (non-hydrogen) atoms. The number of methoxy groups -OCH3 is 1. The van der Waals surface area contributed by atoms with Crippen molar-refractivity contribution in [2.75, 3.05) is 12.8 Å². The molecule has 0 bridgehead atoms. The van der Waals surface area contributed by atoms with Crippen LogP contribution in [0.4, 0.5) is 5.95 Å². The number of hydrogen-bond acceptors (Lipinski definition) is 4. The SMILES string of the molecule is COc1ccc(Cl)c(-n2c(N)nc3cc(C)cnc32)c1. The van der Waals surface area contributed by atoms with E-state index in [1.54, 1.807) is 36.1 Å². The molecule has 0 saturated carbocycles. The number of rotatable bonds is 2. The molecule has 102 valence electrons. The second-order valence-electron chi connectivity index (χ2n) is 4.48. The van der Waals surface area contributed by atoms with Crippen molar-refractivity contribution in [1.29, 1.82) is 0 Å². The van der Waals surface area contributed by atoms with Gasteiger partial charge in [0.15, 0.2) is 5.65 Å². The van der Waals surface area contributed by atoms with Crippen molar-refractivity contribution < 1.29 is 4.74 Å². The number of anilines is 1. The minimum atomic E-state index is 0.341. The lowest BCUT2D eigenvalue weighted by Crippen LogP contribution is -2.02. The van der Waals surface area contributed by atoms with E-state index in [4.69, 9.17) is 22.1 Å². The first-order valence-corrected chi connectivity index (χ1v) is 6.42. The van der Waals surface area contributed by atoms with E-state index in [9.17, 15) is 0 Å². The van der Waals surface area contributed by atoms with E-state index < -0.39 is 0 Å². The fourth-order valence-corrected chi connectivity index (χ4v) is 2.31. The molecule has 3 aromatic rings. The molecule has 0 atom stereocenters. The quantitative estimate of drug-likeness (QED) is 0.787. The number of nitrogens with zero attached hydrogens (tertiary/aromatic N) is 3. The third kappa shape index (κ3) is 1.96. The largest absolute Gasteiger partial charge is 0.497 e. The van der Waals surface area contributed by atoms with Gasteiger partial charge in [-0.05, 0) is 30.7 Å². The van der Waals surface area contributed by atoms with Crippen molar-refractivity contribution in [3.63, 3.8) is 0 Å². The summed E-state index contributed by atoms with van der Waals surface area (Å²) in [5, 5.41) is 0.555. The Labute approximate surface area is 121 Å². The predicted octanol–water partition coefficient (Wildman–Crippen LogP) is 2.97. The molecule has 0 aliphatic heterocycles. The molecule has 0 spiro atoms. The van der Waals surface area contributed by atoms with Crippen LogP contribution in [0.25, 0.3) is 16.9 Å². The van der Waals surface area contributed by atoms with Gasteiger partial charge >= 0.3 is 0 Å². The van der Waals surface area contributed by atoms with Crippen LogP contribution < -0.4 is 10.5 Å². The summed E-state index contributed by atoms with van der Waals surface area (Å²) in [6.07, 6.45) is 1.77. The van der Waals surface area contributed by atoms with Crippen LogP contribution in [-0.4, -0.2) is 21.6 Å². The molecule has 2 N–H and O–H groups in total. The summed E-state index contributed by atoms with van der Waals surface area (Å²) >= 11 is 6.26. The summed E-state index contributed by atoms with van der Waals surface area (Å²) in [5.41, 5.74) is 9.14. The zero-order chi connectivity index (χ0) is 14.3. The zero-order valence-corrected chi connectivity index (χ0v) is 11.8. The van der Waals surface area contributed by atoms with Crippen LogP contribution in [0.3, 0.4) is 0 Å². The van der Waals surface area contributed by atoms with Crippen molar-refractivity contribution >= 4 is 28.7 Å². The van der Waals surface area contributed by atoms with Crippen molar-refractivity contribution in [2.24, 2.45) is 0 Å². The van der Waals surface area contributed by atoms with E-state index >= 15 is 0 Å². The molecule has 1 aromatic carbocycles. The third-order valence-electron chi connectivity index (χ3n) is 3.05. The Morgan fingerprint density at radius 1 is 1.30 bits per heavy atom. The molecule has 0 saturated heterocycles. The Balaban J connectivity index is 2.31. The molecular formula is C14H13ClN4O. The second kappa shape index (κ2) is 4.68. The highest BCUT2D eigenvalue weighted by molar-refractivity contribution is 6.32. The number of nitrogen functional groups attached to an aromatic ring is 1. The van der Waals surface area contributed by atoms with E-state index in [1.165, 1.54) is 0 Å². The summed E-state index contributed by atoms with van der Waals surface area (Å²) in [6.45, 7) is 1.96. The van der Waals surface area contributed by atoms with E-state index in [2.05, 4.69) is 9.97 Å². The smallest absolute Gasteiger partial charge is 0.207 e. The first kappa shape index (κ1) is 12.7. The lowest BCUT2D eigenvalue weighted by molar-refractivity contribution is 0.414. The number of nitrogens with two attached hydrogens (primary N) is 1. The van der Waals surface area contributed by atoms with Gasteiger partial charge in [0.1, 0.15) is 11.3 Å². The molecule has 0 fully saturated rings. The number of aromatic nitrogens is 3. The molecule has 3 rings (SSSR count). The number of pyridine rings is 1. The second-order valence-corrected chi connectivity index (χ2v) is 4.89. The van der Waals surface area contributed by atoms with E-state index in [0.29, 0.717) is 28.1 Å². The van der Waals surface area contributed by atoms with Crippen LogP contribution in [-0.2, 0) is 0 Å². The van der Waals surface area contributed by atoms with Gasteiger partial charge in [-0.15, -0.1) is 0 Å². The summed E-state index contributed by atoms with van der Waals surface area (Å²) in [6, 6.07) is 7.29. The molecular weight excluding hydrogens is 276 g/mol. The highest BCUT2D eigenvalue weighted by atomic mass is 35.5. The summed E-state index contributed by atoms with van der Waals surface area (Å²) < 4.78 is 6.95.